The van der Waals surface area contributed by atoms with Crippen molar-refractivity contribution in [3.63, 3.8) is 0 Å². The highest BCUT2D eigenvalue weighted by Crippen LogP contribution is 2.20. The lowest BCUT2D eigenvalue weighted by Gasteiger charge is -2.15. The molecule has 2 aromatic rings. The molecule has 0 saturated heterocycles. The predicted molar refractivity (Wildman–Crippen MR) is 124 cm³/mol. The Morgan fingerprint density at radius 3 is 2.50 bits per heavy atom. The van der Waals surface area contributed by atoms with Crippen LogP contribution in [-0.4, -0.2) is 47.9 Å². The van der Waals surface area contributed by atoms with Gasteiger partial charge in [-0.05, 0) is 48.4 Å². The average molecular weight is 477 g/mol. The lowest BCUT2D eigenvalue weighted by Crippen LogP contribution is -2.46. The Kier molecular flexibility index (Phi) is 8.08. The summed E-state index contributed by atoms with van der Waals surface area (Å²) < 4.78 is 0. The first-order chi connectivity index (χ1) is 15.3. The number of aliphatic carboxylic acids is 1. The lowest BCUT2D eigenvalue weighted by molar-refractivity contribution is -0.141. The van der Waals surface area contributed by atoms with Crippen LogP contribution in [0.2, 0.25) is 10.0 Å². The molecular formula is C22H22Cl2N4O4. The van der Waals surface area contributed by atoms with Gasteiger partial charge in [-0.15, -0.1) is 0 Å². The van der Waals surface area contributed by atoms with Gasteiger partial charge in [0.25, 0.3) is 5.91 Å². The Morgan fingerprint density at radius 2 is 1.84 bits per heavy atom. The molecule has 0 aromatic heterocycles. The number of amidine groups is 1. The van der Waals surface area contributed by atoms with Gasteiger partial charge in [0.15, 0.2) is 0 Å². The molecule has 10 heteroatoms. The molecule has 0 saturated carbocycles. The van der Waals surface area contributed by atoms with Crippen LogP contribution < -0.4 is 16.0 Å². The minimum atomic E-state index is -1.21. The van der Waals surface area contributed by atoms with E-state index in [2.05, 4.69) is 20.9 Å². The highest BCUT2D eigenvalue weighted by Gasteiger charge is 2.21. The highest BCUT2D eigenvalue weighted by molar-refractivity contribution is 6.34. The van der Waals surface area contributed by atoms with Crippen LogP contribution in [0.3, 0.4) is 0 Å². The fraction of sp³-hybridized carbons (Fsp3) is 0.273. The fourth-order valence-corrected chi connectivity index (χ4v) is 3.79. The molecule has 0 spiro atoms. The van der Waals surface area contributed by atoms with Crippen LogP contribution in [0.15, 0.2) is 47.5 Å². The van der Waals surface area contributed by atoms with E-state index in [1.54, 1.807) is 30.3 Å². The maximum Gasteiger partial charge on any atom is 0.326 e. The van der Waals surface area contributed by atoms with Gasteiger partial charge >= 0.3 is 5.97 Å². The minimum Gasteiger partial charge on any atom is -0.480 e. The topological polar surface area (TPSA) is 120 Å². The molecule has 1 unspecified atom stereocenters. The molecule has 0 aliphatic carbocycles. The van der Waals surface area contributed by atoms with Crippen molar-refractivity contribution in [3.8, 4) is 0 Å². The summed E-state index contributed by atoms with van der Waals surface area (Å²) in [6.45, 7) is 0.419. The van der Waals surface area contributed by atoms with E-state index in [1.165, 1.54) is 6.07 Å². The number of benzene rings is 2. The lowest BCUT2D eigenvalue weighted by atomic mass is 10.1. The van der Waals surface area contributed by atoms with Crippen molar-refractivity contribution < 1.29 is 19.5 Å². The number of nitrogens with one attached hydrogen (secondary N) is 3. The third kappa shape index (κ3) is 6.96. The van der Waals surface area contributed by atoms with Crippen molar-refractivity contribution in [2.75, 3.05) is 18.4 Å². The number of carboxylic acids is 1. The van der Waals surface area contributed by atoms with E-state index in [-0.39, 0.29) is 13.0 Å². The number of carbonyl (C=O) groups is 3. The Balaban J connectivity index is 1.54. The van der Waals surface area contributed by atoms with Gasteiger partial charge < -0.3 is 21.1 Å². The van der Waals surface area contributed by atoms with Gasteiger partial charge in [-0.1, -0.05) is 29.3 Å². The minimum absolute atomic E-state index is 0.00704. The molecule has 0 bridgehead atoms. The van der Waals surface area contributed by atoms with Crippen molar-refractivity contribution >= 4 is 52.5 Å². The first kappa shape index (κ1) is 23.6. The third-order valence-electron chi connectivity index (χ3n) is 4.69. The van der Waals surface area contributed by atoms with Crippen LogP contribution in [0.5, 0.6) is 0 Å². The molecule has 0 fully saturated rings. The number of nitrogens with zero attached hydrogens (tertiary/aromatic N) is 1. The normalized spacial score (nSPS) is 13.8. The number of halogens is 2. The molecule has 1 aliphatic rings. The number of carbonyl (C=O) groups excluding carboxylic acids is 2. The summed E-state index contributed by atoms with van der Waals surface area (Å²) in [7, 11) is 0. The van der Waals surface area contributed by atoms with E-state index in [4.69, 9.17) is 23.2 Å². The number of carboxylic acid groups (broad SMARTS) is 1. The Morgan fingerprint density at radius 1 is 1.09 bits per heavy atom. The van der Waals surface area contributed by atoms with Crippen LogP contribution >= 0.6 is 23.2 Å². The van der Waals surface area contributed by atoms with E-state index < -0.39 is 23.8 Å². The number of amides is 2. The van der Waals surface area contributed by atoms with E-state index >= 15 is 0 Å². The third-order valence-corrected chi connectivity index (χ3v) is 5.13. The molecule has 1 aliphatic heterocycles. The van der Waals surface area contributed by atoms with Crippen molar-refractivity contribution in [1.82, 2.24) is 10.6 Å². The number of anilines is 1. The predicted octanol–water partition coefficient (Wildman–Crippen LogP) is 3.14. The molecule has 2 amide bonds. The fourth-order valence-electron chi connectivity index (χ4n) is 3.22. The van der Waals surface area contributed by atoms with Crippen LogP contribution in [0, 0.1) is 0 Å². The number of hydrogen-bond acceptors (Lipinski definition) is 5. The van der Waals surface area contributed by atoms with E-state index in [9.17, 15) is 19.5 Å². The highest BCUT2D eigenvalue weighted by atomic mass is 35.5. The molecule has 8 nitrogen and oxygen atoms in total. The molecular weight excluding hydrogens is 455 g/mol. The van der Waals surface area contributed by atoms with Crippen LogP contribution in [0.25, 0.3) is 0 Å². The largest absolute Gasteiger partial charge is 0.480 e. The first-order valence-electron chi connectivity index (χ1n) is 9.96. The summed E-state index contributed by atoms with van der Waals surface area (Å²) in [4.78, 5) is 40.6. The Hall–Kier alpha value is -3.10. The monoisotopic (exact) mass is 476 g/mol. The summed E-state index contributed by atoms with van der Waals surface area (Å²) in [6.07, 6.45) is 1.86. The summed E-state index contributed by atoms with van der Waals surface area (Å²) >= 11 is 11.9. The maximum absolute atomic E-state index is 12.4. The van der Waals surface area contributed by atoms with Crippen LogP contribution in [-0.2, 0) is 16.0 Å². The van der Waals surface area contributed by atoms with Crippen LogP contribution in [0.1, 0.15) is 28.8 Å². The number of hydrogen-bond donors (Lipinski definition) is 4. The molecule has 168 valence electrons. The van der Waals surface area contributed by atoms with Gasteiger partial charge in [0, 0.05) is 40.7 Å². The van der Waals surface area contributed by atoms with E-state index in [1.807, 2.05) is 6.07 Å². The summed E-state index contributed by atoms with van der Waals surface area (Å²) in [5.74, 6) is -1.42. The summed E-state index contributed by atoms with van der Waals surface area (Å²) in [5, 5.41) is 18.3. The van der Waals surface area contributed by atoms with Crippen molar-refractivity contribution in [1.29, 1.82) is 0 Å². The molecule has 2 aromatic carbocycles. The molecule has 0 radical (unpaired) electrons. The van der Waals surface area contributed by atoms with E-state index in [0.29, 0.717) is 21.2 Å². The molecule has 1 atom stereocenters. The van der Waals surface area contributed by atoms with Gasteiger partial charge in [0.2, 0.25) is 5.91 Å². The zero-order valence-corrected chi connectivity index (χ0v) is 18.5. The van der Waals surface area contributed by atoms with Gasteiger partial charge in [0.1, 0.15) is 11.9 Å². The maximum atomic E-state index is 12.4. The van der Waals surface area contributed by atoms with Gasteiger partial charge in [-0.25, -0.2) is 4.79 Å². The SMILES string of the molecule is O=C(CNC(=O)c1cccc(NC2=NCCC2)c1)NC(Cc1cc(Cl)cc(Cl)c1)C(=O)O. The quantitative estimate of drug-likeness (QED) is 0.466. The zero-order valence-electron chi connectivity index (χ0n) is 17.0. The van der Waals surface area contributed by atoms with Gasteiger partial charge in [-0.3, -0.25) is 14.6 Å². The second-order valence-corrected chi connectivity index (χ2v) is 8.13. The molecule has 3 rings (SSSR count). The Labute approximate surface area is 195 Å². The standard InChI is InChI=1S/C22H22Cl2N4O4/c23-15-7-13(8-16(24)11-15)9-18(22(31)32)28-20(29)12-26-21(30)14-3-1-4-17(10-14)27-19-5-2-6-25-19/h1,3-4,7-8,10-11,18H,2,5-6,9,12H2,(H,25,27)(H,26,30)(H,28,29)(H,31,32). The second kappa shape index (κ2) is 11.0. The van der Waals surface area contributed by atoms with Gasteiger partial charge in [0.05, 0.1) is 6.54 Å². The molecule has 4 N–H and O–H groups in total. The molecule has 32 heavy (non-hydrogen) atoms. The molecule has 1 heterocycles. The van der Waals surface area contributed by atoms with E-state index in [0.717, 1.165) is 30.9 Å². The first-order valence-corrected chi connectivity index (χ1v) is 10.7. The second-order valence-electron chi connectivity index (χ2n) is 7.26. The number of rotatable bonds is 8. The number of aliphatic imine (C=N–C) groups is 1. The van der Waals surface area contributed by atoms with Crippen molar-refractivity contribution in [2.45, 2.75) is 25.3 Å². The summed E-state index contributed by atoms with van der Waals surface area (Å²) in [5.41, 5.74) is 1.66. The van der Waals surface area contributed by atoms with Crippen molar-refractivity contribution in [3.05, 3.63) is 63.6 Å². The van der Waals surface area contributed by atoms with Gasteiger partial charge in [-0.2, -0.15) is 0 Å². The van der Waals surface area contributed by atoms with Crippen LogP contribution in [0.4, 0.5) is 5.69 Å². The summed E-state index contributed by atoms with van der Waals surface area (Å²) in [6, 6.07) is 10.3. The van der Waals surface area contributed by atoms with Crippen molar-refractivity contribution in [2.24, 2.45) is 4.99 Å². The average Bonchev–Trinajstić information content (AvgIpc) is 3.24. The zero-order chi connectivity index (χ0) is 23.1. The Bertz CT molecular complexity index is 1040. The smallest absolute Gasteiger partial charge is 0.326 e.